The van der Waals surface area contributed by atoms with E-state index < -0.39 is 17.1 Å². The predicted molar refractivity (Wildman–Crippen MR) is 138 cm³/mol. The molecule has 1 aromatic carbocycles. The Bertz CT molecular complexity index is 1270. The molecule has 0 saturated carbocycles. The zero-order valence-electron chi connectivity index (χ0n) is 21.6. The third kappa shape index (κ3) is 4.64. The lowest BCUT2D eigenvalue weighted by atomic mass is 9.74. The third-order valence-electron chi connectivity index (χ3n) is 7.34. The van der Waals surface area contributed by atoms with Crippen LogP contribution in [0.1, 0.15) is 56.7 Å². The highest BCUT2D eigenvalue weighted by Crippen LogP contribution is 2.41. The summed E-state index contributed by atoms with van der Waals surface area (Å²) in [6.07, 6.45) is 8.48. The molecule has 36 heavy (non-hydrogen) atoms. The number of aryl methyl sites for hydroxylation is 1. The summed E-state index contributed by atoms with van der Waals surface area (Å²) >= 11 is 0. The largest absolute Gasteiger partial charge is 0.443 e. The number of ether oxygens (including phenoxy) is 2. The standard InChI is InChI=1S/C29H35N3O4/c1-20-18-31(19-23-6-5-15-35-23)25-16-22(7-8-24(20)25)29(17-21-9-12-30-13-10-21)11-14-32(26(29)33)27(34)36-28(2,3)4/h7-10,12-13,16,18,23H,5-6,11,14-15,17,19H2,1-4H3. The first-order valence-electron chi connectivity index (χ1n) is 12.8. The molecule has 2 aliphatic rings. The van der Waals surface area contributed by atoms with Gasteiger partial charge in [0.25, 0.3) is 0 Å². The van der Waals surface area contributed by atoms with Crippen molar-refractivity contribution in [1.29, 1.82) is 0 Å². The molecule has 190 valence electrons. The number of benzene rings is 1. The van der Waals surface area contributed by atoms with Crippen LogP contribution in [-0.4, -0.2) is 51.3 Å². The molecule has 2 amide bonds. The van der Waals surface area contributed by atoms with E-state index in [9.17, 15) is 9.59 Å². The summed E-state index contributed by atoms with van der Waals surface area (Å²) in [5, 5.41) is 1.17. The van der Waals surface area contributed by atoms with Gasteiger partial charge in [-0.25, -0.2) is 9.69 Å². The molecule has 7 nitrogen and oxygen atoms in total. The van der Waals surface area contributed by atoms with E-state index in [4.69, 9.17) is 9.47 Å². The molecule has 3 aromatic rings. The van der Waals surface area contributed by atoms with E-state index in [0.717, 1.165) is 42.6 Å². The molecular formula is C29H35N3O4. The van der Waals surface area contributed by atoms with Gasteiger partial charge in [-0.05, 0) is 88.3 Å². The summed E-state index contributed by atoms with van der Waals surface area (Å²) in [4.78, 5) is 32.4. The normalized spacial score (nSPS) is 22.5. The number of imide groups is 1. The molecule has 0 bridgehead atoms. The van der Waals surface area contributed by atoms with Crippen molar-refractivity contribution in [2.75, 3.05) is 13.2 Å². The second-order valence-corrected chi connectivity index (χ2v) is 11.1. The zero-order valence-corrected chi connectivity index (χ0v) is 21.6. The Morgan fingerprint density at radius 1 is 1.22 bits per heavy atom. The number of rotatable bonds is 5. The summed E-state index contributed by atoms with van der Waals surface area (Å²) in [5.41, 5.74) is 2.70. The van der Waals surface area contributed by atoms with E-state index in [-0.39, 0.29) is 12.0 Å². The van der Waals surface area contributed by atoms with Crippen molar-refractivity contribution in [3.63, 3.8) is 0 Å². The quantitative estimate of drug-likeness (QED) is 0.494. The van der Waals surface area contributed by atoms with Crippen molar-refractivity contribution in [2.45, 2.75) is 77.0 Å². The van der Waals surface area contributed by atoms with Crippen molar-refractivity contribution in [3.05, 3.63) is 65.6 Å². The summed E-state index contributed by atoms with van der Waals surface area (Å²) in [5.74, 6) is -0.207. The van der Waals surface area contributed by atoms with Gasteiger partial charge in [-0.2, -0.15) is 0 Å². The van der Waals surface area contributed by atoms with Gasteiger partial charge in [-0.3, -0.25) is 9.78 Å². The summed E-state index contributed by atoms with van der Waals surface area (Å²) < 4.78 is 13.7. The zero-order chi connectivity index (χ0) is 25.5. The number of carbonyl (C=O) groups excluding carboxylic acids is 2. The highest BCUT2D eigenvalue weighted by Gasteiger charge is 2.51. The van der Waals surface area contributed by atoms with Crippen LogP contribution in [0.15, 0.2) is 48.9 Å². The number of carbonyl (C=O) groups is 2. The number of aromatic nitrogens is 2. The van der Waals surface area contributed by atoms with E-state index in [2.05, 4.69) is 40.9 Å². The van der Waals surface area contributed by atoms with Crippen LogP contribution < -0.4 is 0 Å². The molecule has 5 rings (SSSR count). The van der Waals surface area contributed by atoms with Crippen molar-refractivity contribution < 1.29 is 19.1 Å². The Hall–Kier alpha value is -3.19. The van der Waals surface area contributed by atoms with Crippen molar-refractivity contribution in [2.24, 2.45) is 0 Å². The van der Waals surface area contributed by atoms with Gasteiger partial charge in [0.15, 0.2) is 0 Å². The van der Waals surface area contributed by atoms with Crippen LogP contribution in [0, 0.1) is 6.92 Å². The second-order valence-electron chi connectivity index (χ2n) is 11.1. The fourth-order valence-electron chi connectivity index (χ4n) is 5.58. The number of nitrogens with zero attached hydrogens (tertiary/aromatic N) is 3. The predicted octanol–water partition coefficient (Wildman–Crippen LogP) is 5.17. The molecule has 2 fully saturated rings. The van der Waals surface area contributed by atoms with E-state index in [1.165, 1.54) is 15.8 Å². The van der Waals surface area contributed by atoms with Crippen LogP contribution >= 0.6 is 0 Å². The third-order valence-corrected chi connectivity index (χ3v) is 7.34. The highest BCUT2D eigenvalue weighted by molar-refractivity contribution is 6.01. The maximum atomic E-state index is 14.0. The Balaban J connectivity index is 1.56. The minimum absolute atomic E-state index is 0.207. The smallest absolute Gasteiger partial charge is 0.417 e. The Morgan fingerprint density at radius 3 is 2.69 bits per heavy atom. The Labute approximate surface area is 212 Å². The van der Waals surface area contributed by atoms with Gasteiger partial charge in [0.1, 0.15) is 5.60 Å². The first-order chi connectivity index (χ1) is 17.2. The molecule has 2 atom stereocenters. The number of amides is 2. The number of likely N-dealkylation sites (tertiary alicyclic amines) is 1. The van der Waals surface area contributed by atoms with Gasteiger partial charge in [0.05, 0.1) is 11.5 Å². The van der Waals surface area contributed by atoms with Crippen LogP contribution in [0.2, 0.25) is 0 Å². The Kier molecular flexibility index (Phi) is 6.37. The second kappa shape index (κ2) is 9.36. The summed E-state index contributed by atoms with van der Waals surface area (Å²) in [6, 6.07) is 10.2. The molecule has 2 saturated heterocycles. The van der Waals surface area contributed by atoms with Crippen LogP contribution in [0.5, 0.6) is 0 Å². The van der Waals surface area contributed by atoms with Gasteiger partial charge in [0, 0.05) is 49.2 Å². The average Bonchev–Trinajstić information content (AvgIpc) is 3.53. The van der Waals surface area contributed by atoms with Crippen molar-refractivity contribution >= 4 is 22.9 Å². The maximum Gasteiger partial charge on any atom is 0.417 e. The number of hydrogen-bond acceptors (Lipinski definition) is 5. The van der Waals surface area contributed by atoms with Gasteiger partial charge in [-0.15, -0.1) is 0 Å². The summed E-state index contributed by atoms with van der Waals surface area (Å²) in [6.45, 7) is 9.50. The number of pyridine rings is 1. The lowest BCUT2D eigenvalue weighted by molar-refractivity contribution is -0.131. The van der Waals surface area contributed by atoms with E-state index >= 15 is 0 Å². The monoisotopic (exact) mass is 489 g/mol. The van der Waals surface area contributed by atoms with E-state index in [0.29, 0.717) is 19.4 Å². The molecule has 2 unspecified atom stereocenters. The summed E-state index contributed by atoms with van der Waals surface area (Å²) in [7, 11) is 0. The molecule has 7 heteroatoms. The molecule has 0 aliphatic carbocycles. The van der Waals surface area contributed by atoms with Crippen LogP contribution in [0.3, 0.4) is 0 Å². The first kappa shape index (κ1) is 24.5. The molecule has 0 radical (unpaired) electrons. The number of fused-ring (bicyclic) bond motifs is 1. The number of hydrogen-bond donors (Lipinski definition) is 0. The SMILES string of the molecule is Cc1cn(CC2CCCO2)c2cc(C3(Cc4ccncc4)CCN(C(=O)OC(C)(C)C)C3=O)ccc12. The van der Waals surface area contributed by atoms with Crippen LogP contribution in [0.4, 0.5) is 4.79 Å². The minimum atomic E-state index is -0.862. The first-order valence-corrected chi connectivity index (χ1v) is 12.8. The fourth-order valence-corrected chi connectivity index (χ4v) is 5.58. The van der Waals surface area contributed by atoms with Crippen LogP contribution in [0.25, 0.3) is 10.9 Å². The van der Waals surface area contributed by atoms with Gasteiger partial charge in [0.2, 0.25) is 5.91 Å². The Morgan fingerprint density at radius 2 is 2.00 bits per heavy atom. The highest BCUT2D eigenvalue weighted by atomic mass is 16.6. The van der Waals surface area contributed by atoms with Crippen molar-refractivity contribution in [3.8, 4) is 0 Å². The van der Waals surface area contributed by atoms with Crippen LogP contribution in [-0.2, 0) is 32.6 Å². The van der Waals surface area contributed by atoms with E-state index in [1.807, 2.05) is 32.9 Å². The van der Waals surface area contributed by atoms with Gasteiger partial charge >= 0.3 is 6.09 Å². The van der Waals surface area contributed by atoms with Gasteiger partial charge in [-0.1, -0.05) is 12.1 Å². The average molecular weight is 490 g/mol. The topological polar surface area (TPSA) is 73.7 Å². The van der Waals surface area contributed by atoms with Gasteiger partial charge < -0.3 is 14.0 Å². The molecule has 4 heterocycles. The molecule has 0 spiro atoms. The molecule has 2 aromatic heterocycles. The van der Waals surface area contributed by atoms with E-state index in [1.54, 1.807) is 12.4 Å². The lowest BCUT2D eigenvalue weighted by Gasteiger charge is -2.29. The maximum absolute atomic E-state index is 14.0. The van der Waals surface area contributed by atoms with Crippen molar-refractivity contribution in [1.82, 2.24) is 14.5 Å². The molecular weight excluding hydrogens is 454 g/mol. The minimum Gasteiger partial charge on any atom is -0.443 e. The molecule has 0 N–H and O–H groups in total. The fraction of sp³-hybridized carbons (Fsp3) is 0.483. The molecule has 2 aliphatic heterocycles. The lowest BCUT2D eigenvalue weighted by Crippen LogP contribution is -2.44.